The summed E-state index contributed by atoms with van der Waals surface area (Å²) in [5, 5.41) is 10.8. The van der Waals surface area contributed by atoms with Crippen molar-refractivity contribution in [3.63, 3.8) is 0 Å². The van der Waals surface area contributed by atoms with Gasteiger partial charge in [0.2, 0.25) is 0 Å². The monoisotopic (exact) mass is 445 g/mol. The lowest BCUT2D eigenvalue weighted by molar-refractivity contribution is -0.176. The Morgan fingerprint density at radius 3 is 2.31 bits per heavy atom. The van der Waals surface area contributed by atoms with Crippen LogP contribution in [-0.4, -0.2) is 35.6 Å². The summed E-state index contributed by atoms with van der Waals surface area (Å²) in [6.07, 6.45) is -0.622. The van der Waals surface area contributed by atoms with Crippen LogP contribution in [0.1, 0.15) is 22.3 Å². The van der Waals surface area contributed by atoms with Crippen LogP contribution < -0.4 is 10.6 Å². The Morgan fingerprint density at radius 2 is 1.66 bits per heavy atom. The van der Waals surface area contributed by atoms with Gasteiger partial charge in [-0.15, -0.1) is 0 Å². The van der Waals surface area contributed by atoms with Crippen LogP contribution >= 0.6 is 0 Å². The van der Waals surface area contributed by atoms with E-state index in [1.54, 1.807) is 25.4 Å². The number of nitrogens with zero attached hydrogens (tertiary/aromatic N) is 3. The van der Waals surface area contributed by atoms with Crippen molar-refractivity contribution in [2.24, 2.45) is 4.99 Å². The van der Waals surface area contributed by atoms with Crippen molar-refractivity contribution < 1.29 is 17.9 Å². The Hall–Kier alpha value is -3.33. The van der Waals surface area contributed by atoms with E-state index < -0.39 is 12.8 Å². The standard InChI is InChI=1S/C23H26F3N5O/c1-27-22(28-13-18-6-8-19(9-7-18)16-32-17-23(24,25)26)29-14-20-4-2-5-21(12-20)15-31-11-3-10-30-31/h2-12H,13-17H2,1H3,(H2,27,28,29). The molecule has 0 fully saturated rings. The maximum Gasteiger partial charge on any atom is 0.411 e. The molecule has 0 unspecified atom stereocenters. The molecule has 170 valence electrons. The van der Waals surface area contributed by atoms with E-state index in [2.05, 4.69) is 37.6 Å². The molecule has 3 aromatic rings. The summed E-state index contributed by atoms with van der Waals surface area (Å²) in [7, 11) is 1.70. The average Bonchev–Trinajstić information content (AvgIpc) is 3.27. The van der Waals surface area contributed by atoms with E-state index >= 15 is 0 Å². The largest absolute Gasteiger partial charge is 0.411 e. The highest BCUT2D eigenvalue weighted by Crippen LogP contribution is 2.16. The van der Waals surface area contributed by atoms with Gasteiger partial charge in [0.25, 0.3) is 0 Å². The molecule has 9 heteroatoms. The Morgan fingerprint density at radius 1 is 0.969 bits per heavy atom. The first-order valence-corrected chi connectivity index (χ1v) is 10.1. The fourth-order valence-corrected chi connectivity index (χ4v) is 3.05. The number of ether oxygens (including phenoxy) is 1. The molecule has 1 heterocycles. The van der Waals surface area contributed by atoms with Gasteiger partial charge in [-0.3, -0.25) is 9.67 Å². The van der Waals surface area contributed by atoms with Crippen molar-refractivity contribution in [2.75, 3.05) is 13.7 Å². The zero-order valence-electron chi connectivity index (χ0n) is 17.8. The Kier molecular flexibility index (Phi) is 8.27. The highest BCUT2D eigenvalue weighted by atomic mass is 19.4. The lowest BCUT2D eigenvalue weighted by Gasteiger charge is -2.13. The van der Waals surface area contributed by atoms with E-state index in [1.165, 1.54) is 0 Å². The number of aliphatic imine (C=N–C) groups is 1. The van der Waals surface area contributed by atoms with Crippen molar-refractivity contribution in [2.45, 2.75) is 32.4 Å². The van der Waals surface area contributed by atoms with Crippen LogP contribution in [0.15, 0.2) is 72.0 Å². The van der Waals surface area contributed by atoms with Crippen LogP contribution in [0, 0.1) is 0 Å². The molecule has 0 amide bonds. The van der Waals surface area contributed by atoms with Crippen LogP contribution in [0.3, 0.4) is 0 Å². The summed E-state index contributed by atoms with van der Waals surface area (Å²) in [4.78, 5) is 4.24. The van der Waals surface area contributed by atoms with E-state index in [4.69, 9.17) is 0 Å². The third-order valence-corrected chi connectivity index (χ3v) is 4.60. The summed E-state index contributed by atoms with van der Waals surface area (Å²) < 4.78 is 43.0. The first-order valence-electron chi connectivity index (χ1n) is 10.1. The van der Waals surface area contributed by atoms with Crippen LogP contribution in [0.5, 0.6) is 0 Å². The van der Waals surface area contributed by atoms with Gasteiger partial charge in [0.15, 0.2) is 5.96 Å². The predicted octanol–water partition coefficient (Wildman–Crippen LogP) is 3.88. The van der Waals surface area contributed by atoms with Gasteiger partial charge in [0.05, 0.1) is 13.2 Å². The highest BCUT2D eigenvalue weighted by Gasteiger charge is 2.27. The Balaban J connectivity index is 1.44. The Bertz CT molecular complexity index is 986. The Labute approximate surface area is 185 Å². The molecule has 0 atom stereocenters. The molecule has 0 saturated heterocycles. The lowest BCUT2D eigenvalue weighted by atomic mass is 10.1. The molecule has 1 aromatic heterocycles. The normalized spacial score (nSPS) is 12.1. The van der Waals surface area contributed by atoms with Crippen molar-refractivity contribution in [1.29, 1.82) is 0 Å². The number of benzene rings is 2. The number of alkyl halides is 3. The fourth-order valence-electron chi connectivity index (χ4n) is 3.05. The molecule has 32 heavy (non-hydrogen) atoms. The third kappa shape index (κ3) is 8.07. The molecule has 2 N–H and O–H groups in total. The molecule has 0 aliphatic carbocycles. The minimum Gasteiger partial charge on any atom is -0.367 e. The molecule has 0 radical (unpaired) electrons. The first kappa shape index (κ1) is 23.3. The van der Waals surface area contributed by atoms with Gasteiger partial charge in [-0.2, -0.15) is 18.3 Å². The summed E-state index contributed by atoms with van der Waals surface area (Å²) >= 11 is 0. The molecule has 0 bridgehead atoms. The van der Waals surface area contributed by atoms with Crippen LogP contribution in [-0.2, 0) is 31.0 Å². The van der Waals surface area contributed by atoms with Gasteiger partial charge in [0.1, 0.15) is 6.61 Å². The summed E-state index contributed by atoms with van der Waals surface area (Å²) in [5.41, 5.74) is 3.96. The molecule has 2 aromatic carbocycles. The minimum absolute atomic E-state index is 0.0735. The van der Waals surface area contributed by atoms with Gasteiger partial charge in [-0.05, 0) is 28.3 Å². The number of hydrogen-bond acceptors (Lipinski definition) is 3. The van der Waals surface area contributed by atoms with Crippen LogP contribution in [0.4, 0.5) is 13.2 Å². The van der Waals surface area contributed by atoms with E-state index in [-0.39, 0.29) is 6.61 Å². The van der Waals surface area contributed by atoms with Crippen molar-refractivity contribution in [3.8, 4) is 0 Å². The van der Waals surface area contributed by atoms with E-state index in [0.29, 0.717) is 31.2 Å². The van der Waals surface area contributed by atoms with Gasteiger partial charge in [-0.1, -0.05) is 48.5 Å². The maximum atomic E-state index is 12.1. The van der Waals surface area contributed by atoms with Gasteiger partial charge >= 0.3 is 6.18 Å². The average molecular weight is 445 g/mol. The van der Waals surface area contributed by atoms with Gasteiger partial charge < -0.3 is 15.4 Å². The number of nitrogens with one attached hydrogen (secondary N) is 2. The molecule has 0 saturated carbocycles. The van der Waals surface area contributed by atoms with Crippen molar-refractivity contribution in [1.82, 2.24) is 20.4 Å². The molecule has 0 aliphatic rings. The van der Waals surface area contributed by atoms with E-state index in [1.807, 2.05) is 41.2 Å². The van der Waals surface area contributed by atoms with Gasteiger partial charge in [0, 0.05) is 32.5 Å². The molecule has 0 aliphatic heterocycles. The maximum absolute atomic E-state index is 12.1. The number of hydrogen-bond donors (Lipinski definition) is 2. The van der Waals surface area contributed by atoms with Crippen molar-refractivity contribution in [3.05, 3.63) is 89.2 Å². The first-order chi connectivity index (χ1) is 15.4. The van der Waals surface area contributed by atoms with Gasteiger partial charge in [-0.25, -0.2) is 0 Å². The number of guanidine groups is 1. The van der Waals surface area contributed by atoms with E-state index in [0.717, 1.165) is 16.7 Å². The molecular weight excluding hydrogens is 419 g/mol. The third-order valence-electron chi connectivity index (χ3n) is 4.60. The molecule has 3 rings (SSSR count). The van der Waals surface area contributed by atoms with Crippen LogP contribution in [0.25, 0.3) is 0 Å². The number of rotatable bonds is 9. The van der Waals surface area contributed by atoms with E-state index in [9.17, 15) is 13.2 Å². The SMILES string of the molecule is CN=C(NCc1ccc(COCC(F)(F)F)cc1)NCc1cccc(Cn2cccn2)c1. The second-order valence-corrected chi connectivity index (χ2v) is 7.23. The second kappa shape index (κ2) is 11.3. The molecule has 6 nitrogen and oxygen atoms in total. The molecular formula is C23H26F3N5O. The molecule has 0 spiro atoms. The summed E-state index contributed by atoms with van der Waals surface area (Å²) in [6.45, 7) is 0.538. The predicted molar refractivity (Wildman–Crippen MR) is 117 cm³/mol. The zero-order chi connectivity index (χ0) is 22.8. The highest BCUT2D eigenvalue weighted by molar-refractivity contribution is 5.79. The lowest BCUT2D eigenvalue weighted by Crippen LogP contribution is -2.36. The number of halogens is 3. The number of aromatic nitrogens is 2. The quantitative estimate of drug-likeness (QED) is 0.388. The topological polar surface area (TPSA) is 63.5 Å². The second-order valence-electron chi connectivity index (χ2n) is 7.23. The smallest absolute Gasteiger partial charge is 0.367 e. The minimum atomic E-state index is -4.31. The zero-order valence-corrected chi connectivity index (χ0v) is 17.8. The van der Waals surface area contributed by atoms with Crippen LogP contribution in [0.2, 0.25) is 0 Å². The fraction of sp³-hybridized carbons (Fsp3) is 0.304. The summed E-state index contributed by atoms with van der Waals surface area (Å²) in [5.74, 6) is 0.653. The van der Waals surface area contributed by atoms with Crippen molar-refractivity contribution >= 4 is 5.96 Å². The summed E-state index contributed by atoms with van der Waals surface area (Å²) in [6, 6.07) is 17.4.